The van der Waals surface area contributed by atoms with Crippen molar-refractivity contribution in [2.75, 3.05) is 0 Å². The second-order valence-corrected chi connectivity index (χ2v) is 46.6. The number of hydrogen-bond donors (Lipinski definition) is 0. The van der Waals surface area contributed by atoms with Crippen LogP contribution in [-0.2, 0) is 133 Å². The SMILES string of the molecule is C.C.C.C.C.C.C.C.C.C.C.C.C.C.CCC(C)(C)C(=O)OC1(C)CCC2CC1(C)OC2=O.CCC(C)(C)C(=O)OC1C2CC3C1OC(=O)C3(C#N)C2.CCC(C)(C)C(=O)OC1C2CC3C1OC(=O)C3C2C.CCC(C)(C)C(=O)OC1C2CC3CC2C(=O)OC31.CCC(C)(C)C(=O)OC1C2OC(=O)C3CC1(C)CC32.CCC(C)(C)C(=O)OC1CC2CCC1(C)OC2=O.CCC(C)(C)C(=O)OC1CCC2CC1OC2=O. The zero-order valence-corrected chi connectivity index (χ0v) is 82.1. The van der Waals surface area contributed by atoms with E-state index in [1.54, 1.807) is 0 Å². The largest absolute Gasteiger partial charge is 0.458 e. The first kappa shape index (κ1) is 140. The van der Waals surface area contributed by atoms with E-state index in [4.69, 9.17) is 66.3 Å². The summed E-state index contributed by atoms with van der Waals surface area (Å²) in [6.45, 7) is 50.0. The van der Waals surface area contributed by atoms with Gasteiger partial charge in [0, 0.05) is 66.1 Å². The number of esters is 14. The first-order chi connectivity index (χ1) is 60.3. The lowest BCUT2D eigenvalue weighted by atomic mass is 9.71. The number of carbonyl (C=O) groups is 14. The number of rotatable bonds is 21. The van der Waals surface area contributed by atoms with E-state index in [1.165, 1.54) is 0 Å². The van der Waals surface area contributed by atoms with Crippen molar-refractivity contribution in [3.8, 4) is 6.07 Å². The third kappa shape index (κ3) is 25.8. The summed E-state index contributed by atoms with van der Waals surface area (Å²) in [4.78, 5) is 167. The number of ether oxygens (including phenoxy) is 14. The predicted octanol–water partition coefficient (Wildman–Crippen LogP) is 24.4. The Hall–Kier alpha value is -7.93. The van der Waals surface area contributed by atoms with Crippen molar-refractivity contribution in [3.63, 3.8) is 0 Å². The molecular formula is C115H205NO28. The highest BCUT2D eigenvalue weighted by Gasteiger charge is 2.74. The molecule has 9 heterocycles. The Kier molecular flexibility index (Phi) is 49.3. The maximum absolute atomic E-state index is 12.3. The van der Waals surface area contributed by atoms with Crippen molar-refractivity contribution in [1.82, 2.24) is 0 Å². The summed E-state index contributed by atoms with van der Waals surface area (Å²) in [5, 5.41) is 9.31. The third-order valence-electron chi connectivity index (χ3n) is 35.4. The third-order valence-corrected chi connectivity index (χ3v) is 35.4. The van der Waals surface area contributed by atoms with Crippen molar-refractivity contribution in [3.05, 3.63) is 0 Å². The Morgan fingerprint density at radius 2 is 0.806 bits per heavy atom. The molecule has 0 N–H and O–H groups in total. The minimum atomic E-state index is -0.974. The van der Waals surface area contributed by atoms with Gasteiger partial charge in [-0.15, -0.1) is 0 Å². The van der Waals surface area contributed by atoms with Gasteiger partial charge in [-0.25, -0.2) is 0 Å². The molecule has 30 unspecified atom stereocenters. The lowest BCUT2D eigenvalue weighted by molar-refractivity contribution is -0.221. The average Bonchev–Trinajstić information content (AvgIpc) is 1.53. The summed E-state index contributed by atoms with van der Waals surface area (Å²) < 4.78 is 77.5. The van der Waals surface area contributed by atoms with Gasteiger partial charge in [-0.3, -0.25) is 67.1 Å². The Morgan fingerprint density at radius 1 is 0.368 bits per heavy atom. The fourth-order valence-corrected chi connectivity index (χ4v) is 22.6. The quantitative estimate of drug-likeness (QED) is 0.0760. The molecule has 0 aromatic rings. The Labute approximate surface area is 871 Å². The summed E-state index contributed by atoms with van der Waals surface area (Å²) in [5.74, 6) is -0.722. The van der Waals surface area contributed by atoms with Gasteiger partial charge in [-0.2, -0.15) is 5.26 Å². The van der Waals surface area contributed by atoms with Crippen LogP contribution in [0.5, 0.6) is 0 Å². The van der Waals surface area contributed by atoms with E-state index < -0.39 is 72.2 Å². The van der Waals surface area contributed by atoms with Gasteiger partial charge in [0.25, 0.3) is 0 Å². The highest BCUT2D eigenvalue weighted by Crippen LogP contribution is 2.65. The van der Waals surface area contributed by atoms with Crippen LogP contribution < -0.4 is 0 Å². The molecule has 0 radical (unpaired) electrons. The van der Waals surface area contributed by atoms with Gasteiger partial charge in [-0.1, -0.05) is 166 Å². The fraction of sp³-hybridized carbons (Fsp3) is 0.870. The van der Waals surface area contributed by atoms with Crippen molar-refractivity contribution >= 4 is 83.6 Å². The molecule has 20 aliphatic rings. The topological polar surface area (TPSA) is 392 Å². The van der Waals surface area contributed by atoms with Crippen LogP contribution in [0.3, 0.4) is 0 Å². The molecule has 16 bridgehead atoms. The lowest BCUT2D eigenvalue weighted by Gasteiger charge is -2.48. The van der Waals surface area contributed by atoms with Crippen LogP contribution in [0.4, 0.5) is 0 Å². The number of nitrogens with zero attached hydrogens (tertiary/aromatic N) is 1. The molecule has 11 aliphatic carbocycles. The number of hydrogen-bond acceptors (Lipinski definition) is 29. The number of nitriles is 1. The molecule has 20 rings (SSSR count). The fourth-order valence-electron chi connectivity index (χ4n) is 22.6. The Morgan fingerprint density at radius 3 is 1.29 bits per heavy atom. The van der Waals surface area contributed by atoms with E-state index in [9.17, 15) is 72.4 Å². The molecule has 0 amide bonds. The molecule has 0 aromatic carbocycles. The average molecular weight is 2050 g/mol. The van der Waals surface area contributed by atoms with Crippen LogP contribution in [0.25, 0.3) is 0 Å². The van der Waals surface area contributed by atoms with Crippen LogP contribution in [-0.4, -0.2) is 168 Å². The monoisotopic (exact) mass is 2050 g/mol. The van der Waals surface area contributed by atoms with E-state index in [1.807, 2.05) is 166 Å². The molecular weight excluding hydrogens is 1840 g/mol. The molecule has 30 atom stereocenters. The molecule has 0 aromatic heterocycles. The molecule has 20 fully saturated rings. The van der Waals surface area contributed by atoms with E-state index in [0.29, 0.717) is 50.4 Å². The van der Waals surface area contributed by atoms with Crippen LogP contribution in [0, 0.1) is 143 Å². The van der Waals surface area contributed by atoms with E-state index in [0.717, 1.165) is 109 Å². The van der Waals surface area contributed by atoms with Crippen molar-refractivity contribution < 1.29 is 133 Å². The van der Waals surface area contributed by atoms with Crippen molar-refractivity contribution in [2.24, 2.45) is 132 Å². The Balaban J connectivity index is -0.00000159. The first-order valence-corrected chi connectivity index (χ1v) is 48.7. The van der Waals surface area contributed by atoms with E-state index in [-0.39, 0.29) is 319 Å². The Bertz CT molecular complexity index is 4420. The second kappa shape index (κ2) is 50.6. The zero-order valence-electron chi connectivity index (χ0n) is 82.1. The normalized spacial score (nSPS) is 35.6. The molecule has 0 spiro atoms. The van der Waals surface area contributed by atoms with Crippen LogP contribution in [0.15, 0.2) is 0 Å². The van der Waals surface area contributed by atoms with Gasteiger partial charge in [0.1, 0.15) is 83.9 Å². The maximum atomic E-state index is 12.3. The van der Waals surface area contributed by atoms with Crippen LogP contribution >= 0.6 is 0 Å². The van der Waals surface area contributed by atoms with Gasteiger partial charge in [0.2, 0.25) is 0 Å². The molecule has 29 heteroatoms. The van der Waals surface area contributed by atoms with Gasteiger partial charge < -0.3 is 66.3 Å². The smallest absolute Gasteiger partial charge is 0.327 e. The van der Waals surface area contributed by atoms with Gasteiger partial charge >= 0.3 is 83.6 Å². The summed E-state index contributed by atoms with van der Waals surface area (Å²) >= 11 is 0. The molecule has 29 nitrogen and oxygen atoms in total. The zero-order chi connectivity index (χ0) is 96.4. The highest BCUT2D eigenvalue weighted by atomic mass is 16.6. The molecule has 9 aliphatic heterocycles. The molecule has 144 heavy (non-hydrogen) atoms. The minimum absolute atomic E-state index is 0. The van der Waals surface area contributed by atoms with Crippen molar-refractivity contribution in [1.29, 1.82) is 5.26 Å². The van der Waals surface area contributed by atoms with E-state index in [2.05, 4.69) is 19.9 Å². The summed E-state index contributed by atoms with van der Waals surface area (Å²) in [7, 11) is 0. The number of fused-ring (bicyclic) bond motifs is 11. The number of carbonyl (C=O) groups excluding carboxylic acids is 14. The maximum Gasteiger partial charge on any atom is 0.327 e. The lowest BCUT2D eigenvalue weighted by Crippen LogP contribution is -2.57. The molecule has 838 valence electrons. The standard InChI is InChI=1S/C15H19NO4.2C15H22O4.C15H24O4.C14H20O4.C14H22O4.C13H20O4.14CH4/c1-4-14(2,3)12(17)19-10-8-5-9-11(10)20-13(18)15(9,6-8)7-16;1-5-14(2,3)13(17)19-11-10-8-6-15(11,4)7-9(8)12(16)18-10;1-5-15(3,4)14(17)19-11-8-6-9-10(7(8)2)13(16)18-12(9)11;1-6-13(2,3)12(17)19-14(4)8-7-10-9-15(14,5)18-11(10)16;1-4-14(2,3)13(16)18-11-8-5-7-6-9(8)12(15)17-10(7)11;1-5-13(2,3)12(16)17-10-8-9-6-7-14(10,4)18-11(9)15;1-4-13(2,3)12(15)17-9-6-5-8-7-10(9)16-11(8)14;;;;;;;;;;;;;;/h8-11H,4-6H2,1-3H3;8-11H,5-7H2,1-4H3;7-12H,5-6H2,1-4H3;10H,6-9H2,1-5H3;7-11H,4-6H2,1-3H3;9-10H,5-8H2,1-4H3;8-10H,4-7H2,1-3H3;14*1H4. The summed E-state index contributed by atoms with van der Waals surface area (Å²) in [5.41, 5.74) is -6.41. The summed E-state index contributed by atoms with van der Waals surface area (Å²) in [6, 6.07) is 2.15. The van der Waals surface area contributed by atoms with Gasteiger partial charge in [0.05, 0.1) is 79.5 Å². The second-order valence-electron chi connectivity index (χ2n) is 46.6. The predicted molar refractivity (Wildman–Crippen MR) is 559 cm³/mol. The highest BCUT2D eigenvalue weighted by molar-refractivity contribution is 5.86. The van der Waals surface area contributed by atoms with Crippen LogP contribution in [0.2, 0.25) is 0 Å². The van der Waals surface area contributed by atoms with Crippen LogP contribution in [0.1, 0.15) is 432 Å². The molecule has 9 saturated heterocycles. The van der Waals surface area contributed by atoms with Gasteiger partial charge in [-0.05, 0) is 252 Å². The van der Waals surface area contributed by atoms with Gasteiger partial charge in [0.15, 0.2) is 5.41 Å². The minimum Gasteiger partial charge on any atom is -0.458 e. The first-order valence-electron chi connectivity index (χ1n) is 48.7. The molecule has 11 saturated carbocycles. The van der Waals surface area contributed by atoms with E-state index >= 15 is 0 Å². The van der Waals surface area contributed by atoms with Crippen molar-refractivity contribution in [2.45, 2.75) is 516 Å². The summed E-state index contributed by atoms with van der Waals surface area (Å²) in [6.07, 6.45) is 14.8.